The molecule has 0 saturated carbocycles. The molecule has 0 unspecified atom stereocenters. The summed E-state index contributed by atoms with van der Waals surface area (Å²) < 4.78 is 5.96. The van der Waals surface area contributed by atoms with Gasteiger partial charge in [0.05, 0.1) is 12.3 Å². The second-order valence-electron chi connectivity index (χ2n) is 5.35. The highest BCUT2D eigenvalue weighted by atomic mass is 16.5. The minimum absolute atomic E-state index is 0.706. The van der Waals surface area contributed by atoms with Crippen LogP contribution in [-0.4, -0.2) is 30.4 Å². The molecule has 4 nitrogen and oxygen atoms in total. The van der Waals surface area contributed by atoms with Crippen molar-refractivity contribution in [2.45, 2.75) is 6.42 Å². The summed E-state index contributed by atoms with van der Waals surface area (Å²) in [5.41, 5.74) is 4.38. The van der Waals surface area contributed by atoms with Crippen molar-refractivity contribution in [1.82, 2.24) is 15.5 Å². The summed E-state index contributed by atoms with van der Waals surface area (Å²) in [7, 11) is 1.95. The molecule has 2 N–H and O–H groups in total. The van der Waals surface area contributed by atoms with E-state index in [1.165, 1.54) is 0 Å². The lowest BCUT2D eigenvalue weighted by atomic mass is 10.0. The Kier molecular flexibility index (Phi) is 5.06. The van der Waals surface area contributed by atoms with Gasteiger partial charge in [0.25, 0.3) is 0 Å². The van der Waals surface area contributed by atoms with Crippen molar-refractivity contribution in [2.75, 3.05) is 20.2 Å². The molecular weight excluding hydrogens is 286 g/mol. The van der Waals surface area contributed by atoms with Crippen LogP contribution in [0.5, 0.6) is 5.75 Å². The Morgan fingerprint density at radius 3 is 2.74 bits per heavy atom. The van der Waals surface area contributed by atoms with Gasteiger partial charge < -0.3 is 10.1 Å². The highest BCUT2D eigenvalue weighted by Crippen LogP contribution is 2.32. The molecular formula is C19H21N3O. The standard InChI is InChI=1S/C19H21N3O/c1-20-11-5-13-23-19-9-3-2-8-17(19)15-6-4-7-16(14-15)18-10-12-21-22-18/h2-4,6-10,12,14,20H,5,11,13H2,1H3,(H,21,22). The molecule has 0 spiro atoms. The fourth-order valence-electron chi connectivity index (χ4n) is 2.53. The molecule has 0 saturated heterocycles. The first-order valence-electron chi connectivity index (χ1n) is 7.85. The molecule has 3 rings (SSSR count). The van der Waals surface area contributed by atoms with Crippen molar-refractivity contribution in [3.8, 4) is 28.1 Å². The third kappa shape index (κ3) is 3.79. The lowest BCUT2D eigenvalue weighted by molar-refractivity contribution is 0.311. The van der Waals surface area contributed by atoms with Crippen LogP contribution in [-0.2, 0) is 0 Å². The van der Waals surface area contributed by atoms with Crippen LogP contribution in [0.2, 0.25) is 0 Å². The van der Waals surface area contributed by atoms with Gasteiger partial charge in [-0.1, -0.05) is 36.4 Å². The van der Waals surface area contributed by atoms with Crippen LogP contribution in [0.25, 0.3) is 22.4 Å². The van der Waals surface area contributed by atoms with E-state index in [4.69, 9.17) is 4.74 Å². The third-order valence-electron chi connectivity index (χ3n) is 3.70. The molecule has 2 aromatic carbocycles. The Bertz CT molecular complexity index is 738. The molecule has 0 aliphatic heterocycles. The first-order chi connectivity index (χ1) is 11.4. The largest absolute Gasteiger partial charge is 0.493 e. The van der Waals surface area contributed by atoms with Crippen molar-refractivity contribution in [2.24, 2.45) is 0 Å². The Balaban J connectivity index is 1.85. The van der Waals surface area contributed by atoms with Gasteiger partial charge in [-0.3, -0.25) is 5.10 Å². The summed E-state index contributed by atoms with van der Waals surface area (Å²) in [6, 6.07) is 18.5. The van der Waals surface area contributed by atoms with Crippen molar-refractivity contribution >= 4 is 0 Å². The summed E-state index contributed by atoms with van der Waals surface area (Å²) in [6.07, 6.45) is 2.75. The molecule has 0 atom stereocenters. The highest BCUT2D eigenvalue weighted by molar-refractivity contribution is 5.75. The van der Waals surface area contributed by atoms with Gasteiger partial charge in [-0.15, -0.1) is 0 Å². The molecule has 4 heteroatoms. The van der Waals surface area contributed by atoms with E-state index in [1.54, 1.807) is 6.20 Å². The molecule has 0 amide bonds. The third-order valence-corrected chi connectivity index (χ3v) is 3.70. The first kappa shape index (κ1) is 15.3. The number of nitrogens with one attached hydrogen (secondary N) is 2. The lowest BCUT2D eigenvalue weighted by Gasteiger charge is -2.12. The summed E-state index contributed by atoms with van der Waals surface area (Å²) in [5, 5.41) is 10.2. The predicted molar refractivity (Wildman–Crippen MR) is 93.5 cm³/mol. The van der Waals surface area contributed by atoms with E-state index in [0.29, 0.717) is 6.61 Å². The van der Waals surface area contributed by atoms with Gasteiger partial charge in [0.15, 0.2) is 0 Å². The van der Waals surface area contributed by atoms with E-state index < -0.39 is 0 Å². The summed E-state index contributed by atoms with van der Waals surface area (Å²) in [4.78, 5) is 0. The van der Waals surface area contributed by atoms with Crippen LogP contribution >= 0.6 is 0 Å². The number of aromatic amines is 1. The number of nitrogens with zero attached hydrogens (tertiary/aromatic N) is 1. The second kappa shape index (κ2) is 7.61. The van der Waals surface area contributed by atoms with Gasteiger partial charge >= 0.3 is 0 Å². The molecule has 0 aliphatic rings. The molecule has 0 radical (unpaired) electrons. The van der Waals surface area contributed by atoms with Crippen LogP contribution in [0.1, 0.15) is 6.42 Å². The lowest BCUT2D eigenvalue weighted by Crippen LogP contribution is -2.11. The van der Waals surface area contributed by atoms with E-state index >= 15 is 0 Å². The summed E-state index contributed by atoms with van der Waals surface area (Å²) in [5.74, 6) is 0.922. The molecule has 0 aliphatic carbocycles. The highest BCUT2D eigenvalue weighted by Gasteiger charge is 2.07. The van der Waals surface area contributed by atoms with E-state index in [-0.39, 0.29) is 0 Å². The zero-order chi connectivity index (χ0) is 15.9. The van der Waals surface area contributed by atoms with E-state index in [9.17, 15) is 0 Å². The van der Waals surface area contributed by atoms with Crippen LogP contribution in [0.4, 0.5) is 0 Å². The van der Waals surface area contributed by atoms with Crippen molar-refractivity contribution in [3.05, 3.63) is 60.8 Å². The Hall–Kier alpha value is -2.59. The van der Waals surface area contributed by atoms with Crippen molar-refractivity contribution in [3.63, 3.8) is 0 Å². The monoisotopic (exact) mass is 307 g/mol. The molecule has 1 aromatic heterocycles. The second-order valence-corrected chi connectivity index (χ2v) is 5.35. The van der Waals surface area contributed by atoms with E-state index in [1.807, 2.05) is 31.3 Å². The van der Waals surface area contributed by atoms with E-state index in [2.05, 4.69) is 45.8 Å². The predicted octanol–water partition coefficient (Wildman–Crippen LogP) is 3.73. The molecule has 3 aromatic rings. The minimum Gasteiger partial charge on any atom is -0.493 e. The maximum atomic E-state index is 5.96. The maximum Gasteiger partial charge on any atom is 0.127 e. The number of rotatable bonds is 7. The van der Waals surface area contributed by atoms with Crippen molar-refractivity contribution < 1.29 is 4.74 Å². The zero-order valence-corrected chi connectivity index (χ0v) is 13.3. The van der Waals surface area contributed by atoms with Crippen LogP contribution in [0.3, 0.4) is 0 Å². The number of aromatic nitrogens is 2. The Morgan fingerprint density at radius 2 is 1.91 bits per heavy atom. The molecule has 1 heterocycles. The van der Waals surface area contributed by atoms with Gasteiger partial charge in [-0.2, -0.15) is 5.10 Å². The summed E-state index contributed by atoms with van der Waals surface area (Å²) in [6.45, 7) is 1.66. The molecule has 0 bridgehead atoms. The quantitative estimate of drug-likeness (QED) is 0.654. The molecule has 118 valence electrons. The van der Waals surface area contributed by atoms with Crippen molar-refractivity contribution in [1.29, 1.82) is 0 Å². The number of hydrogen-bond acceptors (Lipinski definition) is 3. The van der Waals surface area contributed by atoms with Gasteiger partial charge in [-0.25, -0.2) is 0 Å². The smallest absolute Gasteiger partial charge is 0.127 e. The summed E-state index contributed by atoms with van der Waals surface area (Å²) >= 11 is 0. The first-order valence-corrected chi connectivity index (χ1v) is 7.85. The SMILES string of the molecule is CNCCCOc1ccccc1-c1cccc(-c2ccn[nH]2)c1. The van der Waals surface area contributed by atoms with Gasteiger partial charge in [0.1, 0.15) is 5.75 Å². The maximum absolute atomic E-state index is 5.96. The number of ether oxygens (including phenoxy) is 1. The van der Waals surface area contributed by atoms with Gasteiger partial charge in [0, 0.05) is 17.3 Å². The zero-order valence-electron chi connectivity index (χ0n) is 13.3. The van der Waals surface area contributed by atoms with Gasteiger partial charge in [0.2, 0.25) is 0 Å². The topological polar surface area (TPSA) is 49.9 Å². The van der Waals surface area contributed by atoms with Crippen LogP contribution in [0, 0.1) is 0 Å². The molecule has 0 fully saturated rings. The number of benzene rings is 2. The Labute approximate surface area is 136 Å². The Morgan fingerprint density at radius 1 is 1.04 bits per heavy atom. The average Bonchev–Trinajstić information content (AvgIpc) is 3.14. The normalized spacial score (nSPS) is 10.7. The van der Waals surface area contributed by atoms with Gasteiger partial charge in [-0.05, 0) is 43.8 Å². The van der Waals surface area contributed by atoms with Crippen LogP contribution in [0.15, 0.2) is 60.8 Å². The van der Waals surface area contributed by atoms with Crippen LogP contribution < -0.4 is 10.1 Å². The fraction of sp³-hybridized carbons (Fsp3) is 0.211. The van der Waals surface area contributed by atoms with E-state index in [0.717, 1.165) is 41.1 Å². The minimum atomic E-state index is 0.706. The fourth-order valence-corrected chi connectivity index (χ4v) is 2.53. The number of hydrogen-bond donors (Lipinski definition) is 2. The molecule has 23 heavy (non-hydrogen) atoms. The number of para-hydroxylation sites is 1. The number of H-pyrrole nitrogens is 1. The average molecular weight is 307 g/mol.